The number of aromatic nitrogens is 2. The Labute approximate surface area is 383 Å². The van der Waals surface area contributed by atoms with Crippen LogP contribution < -0.4 is 53.5 Å². The lowest BCUT2D eigenvalue weighted by Crippen LogP contribution is -2.56. The van der Waals surface area contributed by atoms with E-state index in [0.29, 0.717) is 33.8 Å². The van der Waals surface area contributed by atoms with Crippen LogP contribution >= 0.6 is 0 Å². The topological polar surface area (TPSA) is 292 Å². The van der Waals surface area contributed by atoms with E-state index in [9.17, 15) is 28.8 Å². The van der Waals surface area contributed by atoms with Crippen molar-refractivity contribution in [3.05, 3.63) is 99.6 Å². The van der Waals surface area contributed by atoms with E-state index in [1.807, 2.05) is 18.2 Å². The van der Waals surface area contributed by atoms with E-state index in [4.69, 9.17) is 31.9 Å². The highest BCUT2D eigenvalue weighted by molar-refractivity contribution is 5.98. The van der Waals surface area contributed by atoms with Crippen molar-refractivity contribution < 1.29 is 33.4 Å². The van der Waals surface area contributed by atoms with E-state index >= 15 is 0 Å². The van der Waals surface area contributed by atoms with Gasteiger partial charge in [-0.2, -0.15) is 5.26 Å². The minimum absolute atomic E-state index is 0.0134. The molecule has 0 spiro atoms. The minimum Gasteiger partial charge on any atom is -0.492 e. The molecule has 1 aliphatic heterocycles. The Morgan fingerprint density at radius 1 is 0.924 bits per heavy atom. The molecule has 4 aromatic rings. The predicted molar refractivity (Wildman–Crippen MR) is 247 cm³/mol. The number of nitrogens with zero attached hydrogens (tertiary/aromatic N) is 4. The second kappa shape index (κ2) is 22.2. The Balaban J connectivity index is 1.57. The van der Waals surface area contributed by atoms with Gasteiger partial charge in [0.25, 0.3) is 11.5 Å². The SMILES string of the molecule is C[C@@H]1NC(=O)[C@@H](N(C)C(=O)C(CCN)NC(=O)c2cnc(-c3ccc(C(C)(C)C)cc3)c(=O)n2C)c2ccc(OCCN)c(c2)-c2cc(ccc2OCCN)C[C@@H](C(=O)NCC#N)NC1=O. The zero-order valence-corrected chi connectivity index (χ0v) is 38.1. The van der Waals surface area contributed by atoms with Crippen molar-refractivity contribution in [1.82, 2.24) is 35.7 Å². The van der Waals surface area contributed by atoms with E-state index in [2.05, 4.69) is 47.0 Å². The van der Waals surface area contributed by atoms with Gasteiger partial charge in [-0.15, -0.1) is 0 Å². The van der Waals surface area contributed by atoms with Crippen LogP contribution in [-0.4, -0.2) is 109 Å². The lowest BCUT2D eigenvalue weighted by molar-refractivity contribution is -0.141. The second-order valence-electron chi connectivity index (χ2n) is 16.9. The fourth-order valence-electron chi connectivity index (χ4n) is 7.43. The molecule has 1 aliphatic rings. The van der Waals surface area contributed by atoms with E-state index in [-0.39, 0.29) is 74.6 Å². The Morgan fingerprint density at radius 3 is 2.17 bits per heavy atom. The van der Waals surface area contributed by atoms with Crippen LogP contribution in [0.1, 0.15) is 67.3 Å². The molecule has 0 saturated heterocycles. The Kier molecular flexibility index (Phi) is 16.8. The summed E-state index contributed by atoms with van der Waals surface area (Å²) in [5.74, 6) is -2.94. The molecule has 0 aliphatic carbocycles. The molecule has 5 amide bonds. The van der Waals surface area contributed by atoms with Gasteiger partial charge >= 0.3 is 0 Å². The van der Waals surface area contributed by atoms with Crippen molar-refractivity contribution in [1.29, 1.82) is 5.26 Å². The summed E-state index contributed by atoms with van der Waals surface area (Å²) in [4.78, 5) is 89.3. The van der Waals surface area contributed by atoms with Gasteiger partial charge < -0.3 is 57.4 Å². The third-order valence-corrected chi connectivity index (χ3v) is 11.1. The summed E-state index contributed by atoms with van der Waals surface area (Å²) in [7, 11) is 2.80. The molecule has 1 aromatic heterocycles. The van der Waals surface area contributed by atoms with Gasteiger partial charge in [0.2, 0.25) is 23.6 Å². The molecule has 2 heterocycles. The summed E-state index contributed by atoms with van der Waals surface area (Å²) < 4.78 is 13.3. The average molecular weight is 906 g/mol. The van der Waals surface area contributed by atoms with Gasteiger partial charge in [0.05, 0.1) is 12.3 Å². The largest absolute Gasteiger partial charge is 0.492 e. The van der Waals surface area contributed by atoms with Crippen LogP contribution in [0.3, 0.4) is 0 Å². The number of carbonyl (C=O) groups is 5. The number of amides is 5. The molecule has 1 unspecified atom stereocenters. The Hall–Kier alpha value is -7.14. The zero-order chi connectivity index (χ0) is 48.3. The maximum Gasteiger partial charge on any atom is 0.277 e. The predicted octanol–water partition coefficient (Wildman–Crippen LogP) is 0.919. The van der Waals surface area contributed by atoms with Crippen molar-refractivity contribution in [2.45, 2.75) is 70.1 Å². The number of benzene rings is 3. The number of nitriles is 1. The molecule has 19 nitrogen and oxygen atoms in total. The number of hydrogen-bond acceptors (Lipinski definition) is 13. The summed E-state index contributed by atoms with van der Waals surface area (Å²) in [6, 6.07) is 14.1. The number of nitrogens with one attached hydrogen (secondary N) is 4. The van der Waals surface area contributed by atoms with Gasteiger partial charge in [0, 0.05) is 50.3 Å². The lowest BCUT2D eigenvalue weighted by atomic mass is 9.86. The number of ether oxygens (including phenoxy) is 2. The van der Waals surface area contributed by atoms with E-state index < -0.39 is 59.3 Å². The van der Waals surface area contributed by atoms with Crippen molar-refractivity contribution in [3.63, 3.8) is 0 Å². The smallest absolute Gasteiger partial charge is 0.277 e. The van der Waals surface area contributed by atoms with Gasteiger partial charge in [-0.3, -0.25) is 28.8 Å². The highest BCUT2D eigenvalue weighted by atomic mass is 16.5. The van der Waals surface area contributed by atoms with Gasteiger partial charge in [-0.25, -0.2) is 4.98 Å². The lowest BCUT2D eigenvalue weighted by Gasteiger charge is -2.32. The summed E-state index contributed by atoms with van der Waals surface area (Å²) in [5, 5.41) is 19.7. The fourth-order valence-corrected chi connectivity index (χ4v) is 7.43. The van der Waals surface area contributed by atoms with Crippen LogP contribution in [0.5, 0.6) is 11.5 Å². The van der Waals surface area contributed by atoms with Crippen molar-refractivity contribution in [2.75, 3.05) is 46.4 Å². The molecular weight excluding hydrogens is 847 g/mol. The molecule has 19 heteroatoms. The molecule has 3 aromatic carbocycles. The fraction of sp³-hybridized carbons (Fsp3) is 0.404. The van der Waals surface area contributed by atoms with Crippen molar-refractivity contribution in [2.24, 2.45) is 24.2 Å². The molecule has 4 bridgehead atoms. The molecule has 0 fully saturated rings. The Morgan fingerprint density at radius 2 is 1.56 bits per heavy atom. The molecule has 0 saturated carbocycles. The summed E-state index contributed by atoms with van der Waals surface area (Å²) in [6.45, 7) is 7.89. The number of carbonyl (C=O) groups excluding carboxylic acids is 5. The highest BCUT2D eigenvalue weighted by Gasteiger charge is 2.36. The monoisotopic (exact) mass is 905 g/mol. The molecule has 350 valence electrons. The quantitative estimate of drug-likeness (QED) is 0.0818. The van der Waals surface area contributed by atoms with Gasteiger partial charge in [-0.05, 0) is 66.3 Å². The van der Waals surface area contributed by atoms with Crippen molar-refractivity contribution >= 4 is 29.5 Å². The van der Waals surface area contributed by atoms with E-state index in [1.165, 1.54) is 27.2 Å². The third kappa shape index (κ3) is 11.8. The van der Waals surface area contributed by atoms with Crippen LogP contribution in [0.4, 0.5) is 0 Å². The summed E-state index contributed by atoms with van der Waals surface area (Å²) in [6.07, 6.45) is 1.17. The standard InChI is InChI=1S/C47H59N11O8/c1-27-41(59)56-35(42(60)52-20-17-49)24-28-7-13-37(65-21-18-50)32(23-28)33-25-30(10-14-38(33)66-22-19-51)40(44(62)54-27)58(6)45(63)34(15-16-48)55-43(61)36-26-53-39(46(64)57(36)5)29-8-11-31(12-9-29)47(2,3)4/h7-14,23,25-27,34-35,40H,15-16,18-22,24,48,50-51H2,1-6H3,(H,52,60)(H,54,62)(H,55,61)(H,56,59)/t27-,34?,35-,40-/m0/s1. The number of fused-ring (bicyclic) bond motifs is 5. The first kappa shape index (κ1) is 49.9. The maximum atomic E-state index is 14.7. The summed E-state index contributed by atoms with van der Waals surface area (Å²) >= 11 is 0. The number of rotatable bonds is 15. The molecular formula is C47H59N11O8. The first-order valence-electron chi connectivity index (χ1n) is 21.6. The average Bonchev–Trinajstić information content (AvgIpc) is 3.29. The van der Waals surface area contributed by atoms with E-state index in [0.717, 1.165) is 15.0 Å². The van der Waals surface area contributed by atoms with Crippen LogP contribution in [0, 0.1) is 11.3 Å². The van der Waals surface area contributed by atoms with Crippen LogP contribution in [0.25, 0.3) is 22.4 Å². The van der Waals surface area contributed by atoms with Gasteiger partial charge in [0.15, 0.2) is 0 Å². The van der Waals surface area contributed by atoms with E-state index in [1.54, 1.807) is 48.5 Å². The highest BCUT2D eigenvalue weighted by Crippen LogP contribution is 2.40. The zero-order valence-electron chi connectivity index (χ0n) is 38.1. The summed E-state index contributed by atoms with van der Waals surface area (Å²) in [5.41, 5.74) is 20.4. The first-order chi connectivity index (χ1) is 31.4. The van der Waals surface area contributed by atoms with Crippen molar-refractivity contribution in [3.8, 4) is 40.0 Å². The number of hydrogen-bond donors (Lipinski definition) is 7. The molecule has 66 heavy (non-hydrogen) atoms. The molecule has 5 rings (SSSR count). The Bertz CT molecular complexity index is 2530. The number of nitrogens with two attached hydrogens (primary N) is 3. The molecule has 0 radical (unpaired) electrons. The number of likely N-dealkylation sites (N-methyl/N-ethyl adjacent to an activating group) is 1. The minimum atomic E-state index is -1.45. The van der Waals surface area contributed by atoms with Gasteiger partial charge in [0.1, 0.15) is 66.8 Å². The van der Waals surface area contributed by atoms with Gasteiger partial charge in [-0.1, -0.05) is 57.2 Å². The van der Waals surface area contributed by atoms with Crippen LogP contribution in [0.15, 0.2) is 71.7 Å². The first-order valence-corrected chi connectivity index (χ1v) is 21.6. The second-order valence-corrected chi connectivity index (χ2v) is 16.9. The molecule has 10 N–H and O–H groups in total. The van der Waals surface area contributed by atoms with Crippen LogP contribution in [0.2, 0.25) is 0 Å². The molecule has 4 atom stereocenters. The maximum absolute atomic E-state index is 14.7. The normalized spacial score (nSPS) is 16.6. The third-order valence-electron chi connectivity index (χ3n) is 11.1. The van der Waals surface area contributed by atoms with Crippen LogP contribution in [-0.2, 0) is 38.1 Å².